The molecule has 0 bridgehead atoms. The summed E-state index contributed by atoms with van der Waals surface area (Å²) in [4.78, 5) is 31.0. The van der Waals surface area contributed by atoms with Crippen LogP contribution in [0.5, 0.6) is 0 Å². The Morgan fingerprint density at radius 2 is 1.88 bits per heavy atom. The van der Waals surface area contributed by atoms with Gasteiger partial charge in [0.2, 0.25) is 5.91 Å². The predicted molar refractivity (Wildman–Crippen MR) is 132 cm³/mol. The van der Waals surface area contributed by atoms with Gasteiger partial charge in [-0.2, -0.15) is 5.10 Å². The topological polar surface area (TPSA) is 63.4 Å². The SMILES string of the molecule is Cc1cccc(N2CCN(C(=O)[C@H](C)n3c4ccccc4c4cnn(C)c(=O)c43)C[C@H]2C)c1. The number of carbonyl (C=O) groups is 1. The summed E-state index contributed by atoms with van der Waals surface area (Å²) < 4.78 is 3.23. The Labute approximate surface area is 192 Å². The Kier molecular flexibility index (Phi) is 5.19. The molecule has 1 aliphatic rings. The van der Waals surface area contributed by atoms with E-state index in [0.717, 1.165) is 22.8 Å². The fraction of sp³-hybridized carbons (Fsp3) is 0.346. The van der Waals surface area contributed by atoms with Crippen molar-refractivity contribution in [2.45, 2.75) is 32.9 Å². The van der Waals surface area contributed by atoms with Crippen LogP contribution < -0.4 is 10.5 Å². The highest BCUT2D eigenvalue weighted by Crippen LogP contribution is 2.31. The highest BCUT2D eigenvalue weighted by molar-refractivity contribution is 6.08. The number of carbonyl (C=O) groups excluding carboxylic acids is 1. The molecule has 1 aliphatic heterocycles. The Morgan fingerprint density at radius 3 is 2.64 bits per heavy atom. The van der Waals surface area contributed by atoms with Crippen molar-refractivity contribution in [3.05, 3.63) is 70.6 Å². The molecule has 7 heteroatoms. The van der Waals surface area contributed by atoms with Crippen molar-refractivity contribution >= 4 is 33.4 Å². The second kappa shape index (κ2) is 8.06. The molecule has 1 saturated heterocycles. The maximum Gasteiger partial charge on any atom is 0.291 e. The van der Waals surface area contributed by atoms with Gasteiger partial charge in [-0.1, -0.05) is 30.3 Å². The minimum atomic E-state index is -0.500. The van der Waals surface area contributed by atoms with Gasteiger partial charge < -0.3 is 14.4 Å². The minimum absolute atomic E-state index is 0.0345. The van der Waals surface area contributed by atoms with Gasteiger partial charge in [-0.3, -0.25) is 9.59 Å². The first kappa shape index (κ1) is 21.2. The number of hydrogen-bond donors (Lipinski definition) is 0. The van der Waals surface area contributed by atoms with Gasteiger partial charge in [0.1, 0.15) is 11.6 Å². The third-order valence-corrected chi connectivity index (χ3v) is 6.82. The number of anilines is 1. The molecule has 2 aromatic heterocycles. The number of benzene rings is 2. The molecule has 0 unspecified atom stereocenters. The van der Waals surface area contributed by atoms with Crippen molar-refractivity contribution in [1.29, 1.82) is 0 Å². The van der Waals surface area contributed by atoms with E-state index in [2.05, 4.69) is 48.1 Å². The highest BCUT2D eigenvalue weighted by Gasteiger charge is 2.31. The van der Waals surface area contributed by atoms with Crippen LogP contribution in [0, 0.1) is 6.92 Å². The number of fused-ring (bicyclic) bond motifs is 3. The fourth-order valence-corrected chi connectivity index (χ4v) is 5.11. The Hall–Kier alpha value is -3.61. The minimum Gasteiger partial charge on any atom is -0.365 e. The highest BCUT2D eigenvalue weighted by atomic mass is 16.2. The van der Waals surface area contributed by atoms with Gasteiger partial charge in [0.05, 0.1) is 11.7 Å². The van der Waals surface area contributed by atoms with Crippen LogP contribution in [-0.4, -0.2) is 50.8 Å². The lowest BCUT2D eigenvalue weighted by molar-refractivity contribution is -0.134. The summed E-state index contributed by atoms with van der Waals surface area (Å²) in [7, 11) is 1.64. The molecule has 170 valence electrons. The molecule has 2 aromatic carbocycles. The first-order chi connectivity index (χ1) is 15.9. The van der Waals surface area contributed by atoms with Crippen molar-refractivity contribution in [2.24, 2.45) is 7.05 Å². The first-order valence-electron chi connectivity index (χ1n) is 11.4. The van der Waals surface area contributed by atoms with Gasteiger partial charge in [0, 0.05) is 49.2 Å². The number of piperazine rings is 1. The predicted octanol–water partition coefficient (Wildman–Crippen LogP) is 3.49. The van der Waals surface area contributed by atoms with Crippen molar-refractivity contribution in [1.82, 2.24) is 19.2 Å². The number of rotatable bonds is 3. The third-order valence-electron chi connectivity index (χ3n) is 6.82. The molecule has 2 atom stereocenters. The summed E-state index contributed by atoms with van der Waals surface area (Å²) in [5.41, 5.74) is 3.64. The zero-order valence-corrected chi connectivity index (χ0v) is 19.5. The molecule has 1 amide bonds. The summed E-state index contributed by atoms with van der Waals surface area (Å²) in [6.45, 7) is 8.23. The molecule has 33 heavy (non-hydrogen) atoms. The number of aromatic nitrogens is 3. The van der Waals surface area contributed by atoms with E-state index in [-0.39, 0.29) is 17.5 Å². The van der Waals surface area contributed by atoms with E-state index in [9.17, 15) is 9.59 Å². The van der Waals surface area contributed by atoms with Crippen LogP contribution in [-0.2, 0) is 11.8 Å². The molecule has 0 radical (unpaired) electrons. The van der Waals surface area contributed by atoms with E-state index in [1.54, 1.807) is 13.2 Å². The lowest BCUT2D eigenvalue weighted by atomic mass is 10.1. The smallest absolute Gasteiger partial charge is 0.291 e. The first-order valence-corrected chi connectivity index (χ1v) is 11.4. The van der Waals surface area contributed by atoms with Gasteiger partial charge in [-0.15, -0.1) is 0 Å². The molecule has 0 saturated carbocycles. The summed E-state index contributed by atoms with van der Waals surface area (Å²) >= 11 is 0. The van der Waals surface area contributed by atoms with E-state index in [1.807, 2.05) is 40.7 Å². The van der Waals surface area contributed by atoms with Crippen LogP contribution in [0.3, 0.4) is 0 Å². The van der Waals surface area contributed by atoms with E-state index in [0.29, 0.717) is 18.6 Å². The van der Waals surface area contributed by atoms with E-state index >= 15 is 0 Å². The van der Waals surface area contributed by atoms with Crippen LogP contribution in [0.15, 0.2) is 59.5 Å². The molecule has 0 spiro atoms. The average molecular weight is 444 g/mol. The van der Waals surface area contributed by atoms with Crippen LogP contribution >= 0.6 is 0 Å². The molecular weight excluding hydrogens is 414 g/mol. The van der Waals surface area contributed by atoms with E-state index in [1.165, 1.54) is 15.9 Å². The van der Waals surface area contributed by atoms with Gasteiger partial charge >= 0.3 is 0 Å². The normalized spacial score (nSPS) is 17.6. The van der Waals surface area contributed by atoms with Crippen molar-refractivity contribution in [2.75, 3.05) is 24.5 Å². The number of para-hydroxylation sites is 1. The number of aryl methyl sites for hydroxylation is 2. The van der Waals surface area contributed by atoms with Gasteiger partial charge in [0.15, 0.2) is 0 Å². The van der Waals surface area contributed by atoms with Gasteiger partial charge in [-0.25, -0.2) is 4.68 Å². The quantitative estimate of drug-likeness (QED) is 0.486. The largest absolute Gasteiger partial charge is 0.365 e. The average Bonchev–Trinajstić information content (AvgIpc) is 3.15. The van der Waals surface area contributed by atoms with Crippen LogP contribution in [0.1, 0.15) is 25.5 Å². The van der Waals surface area contributed by atoms with Crippen molar-refractivity contribution < 1.29 is 4.79 Å². The molecular formula is C26H29N5O2. The second-order valence-corrected chi connectivity index (χ2v) is 9.06. The molecule has 0 aliphatic carbocycles. The molecule has 0 N–H and O–H groups in total. The standard InChI is InChI=1S/C26H29N5O2/c1-17-8-7-9-20(14-17)30-13-12-29(16-18(30)2)25(32)19(3)31-23-11-6-5-10-21(23)22-15-27-28(4)26(33)24(22)31/h5-11,14-15,18-19H,12-13,16H2,1-4H3/t18-,19+/m1/s1. The maximum absolute atomic E-state index is 13.7. The zero-order chi connectivity index (χ0) is 23.3. The number of hydrogen-bond acceptors (Lipinski definition) is 4. The van der Waals surface area contributed by atoms with E-state index in [4.69, 9.17) is 0 Å². The van der Waals surface area contributed by atoms with E-state index < -0.39 is 6.04 Å². The van der Waals surface area contributed by atoms with Gasteiger partial charge in [0.25, 0.3) is 5.56 Å². The summed E-state index contributed by atoms with van der Waals surface area (Å²) in [5, 5.41) is 5.93. The molecule has 4 aromatic rings. The summed E-state index contributed by atoms with van der Waals surface area (Å²) in [6.07, 6.45) is 1.72. The maximum atomic E-state index is 13.7. The lowest BCUT2D eigenvalue weighted by Crippen LogP contribution is -2.55. The van der Waals surface area contributed by atoms with Crippen LogP contribution in [0.2, 0.25) is 0 Å². The molecule has 5 rings (SSSR count). The molecule has 3 heterocycles. The molecule has 7 nitrogen and oxygen atoms in total. The Balaban J connectivity index is 1.48. The second-order valence-electron chi connectivity index (χ2n) is 9.06. The number of nitrogens with zero attached hydrogens (tertiary/aromatic N) is 5. The summed E-state index contributed by atoms with van der Waals surface area (Å²) in [5.74, 6) is 0.0345. The van der Waals surface area contributed by atoms with Crippen molar-refractivity contribution in [3.63, 3.8) is 0 Å². The lowest BCUT2D eigenvalue weighted by Gasteiger charge is -2.42. The number of amides is 1. The van der Waals surface area contributed by atoms with Crippen molar-refractivity contribution in [3.8, 4) is 0 Å². The monoisotopic (exact) mass is 443 g/mol. The Morgan fingerprint density at radius 1 is 1.09 bits per heavy atom. The molecule has 1 fully saturated rings. The summed E-state index contributed by atoms with van der Waals surface area (Å²) in [6, 6.07) is 16.0. The third kappa shape index (κ3) is 3.48. The van der Waals surface area contributed by atoms with Crippen LogP contribution in [0.25, 0.3) is 21.8 Å². The fourth-order valence-electron chi connectivity index (χ4n) is 5.11. The Bertz CT molecular complexity index is 1420. The van der Waals surface area contributed by atoms with Gasteiger partial charge in [-0.05, 0) is 44.5 Å². The zero-order valence-electron chi connectivity index (χ0n) is 19.5. The van der Waals surface area contributed by atoms with Crippen LogP contribution in [0.4, 0.5) is 5.69 Å².